The van der Waals surface area contributed by atoms with Crippen LogP contribution in [0.3, 0.4) is 0 Å². The molecule has 11 nitrogen and oxygen atoms in total. The number of phenols is 1. The van der Waals surface area contributed by atoms with Gasteiger partial charge in [0.2, 0.25) is 0 Å². The average molecular weight is 926 g/mol. The lowest BCUT2D eigenvalue weighted by Crippen LogP contribution is -2.65. The summed E-state index contributed by atoms with van der Waals surface area (Å²) in [7, 11) is 0. The average Bonchev–Trinajstić information content (AvgIpc) is 3.33. The van der Waals surface area contributed by atoms with E-state index in [1.165, 1.54) is 0 Å². The summed E-state index contributed by atoms with van der Waals surface area (Å²) < 4.78 is 13.1. The van der Waals surface area contributed by atoms with Gasteiger partial charge in [0.25, 0.3) is 0 Å². The van der Waals surface area contributed by atoms with Gasteiger partial charge < -0.3 is 40.3 Å². The molecule has 360 valence electrons. The summed E-state index contributed by atoms with van der Waals surface area (Å²) in [5, 5.41) is 62.8. The summed E-state index contributed by atoms with van der Waals surface area (Å²) in [6.07, 6.45) is 8.95. The van der Waals surface area contributed by atoms with Crippen LogP contribution in [-0.2, 0) is 45.0 Å². The minimum atomic E-state index is -1.58. The van der Waals surface area contributed by atoms with E-state index in [0.717, 1.165) is 75.3 Å². The number of hydrogen-bond donors (Lipinski definition) is 6. The molecule has 3 aromatic carbocycles. The maximum absolute atomic E-state index is 15.5. The number of carbonyl (C=O) groups is 3. The van der Waals surface area contributed by atoms with Crippen LogP contribution < -0.4 is 10.1 Å². The van der Waals surface area contributed by atoms with Crippen LogP contribution in [0.25, 0.3) is 0 Å². The van der Waals surface area contributed by atoms with E-state index in [9.17, 15) is 35.1 Å². The zero-order chi connectivity index (χ0) is 47.3. The van der Waals surface area contributed by atoms with Gasteiger partial charge in [-0.3, -0.25) is 9.59 Å². The van der Waals surface area contributed by atoms with Gasteiger partial charge in [0, 0.05) is 60.0 Å². The molecule has 3 heterocycles. The fourth-order valence-corrected chi connectivity index (χ4v) is 13.8. The van der Waals surface area contributed by atoms with E-state index >= 15 is 4.79 Å². The van der Waals surface area contributed by atoms with Gasteiger partial charge in [-0.2, -0.15) is 0 Å². The number of phenolic OH excluding ortho intramolecular Hbond substituents is 1. The molecular weight excluding hydrogens is 859 g/mol. The molecule has 11 unspecified atom stereocenters. The van der Waals surface area contributed by atoms with E-state index in [0.29, 0.717) is 58.5 Å². The summed E-state index contributed by atoms with van der Waals surface area (Å²) in [5.74, 6) is 3.85. The van der Waals surface area contributed by atoms with Gasteiger partial charge in [0.05, 0.1) is 31.2 Å². The molecule has 4 fully saturated rings. The van der Waals surface area contributed by atoms with Crippen molar-refractivity contribution >= 4 is 23.4 Å². The van der Waals surface area contributed by atoms with E-state index in [4.69, 9.17) is 9.47 Å². The van der Waals surface area contributed by atoms with Crippen molar-refractivity contribution in [3.05, 3.63) is 99.1 Å². The number of ether oxygens (including phenoxy) is 2. The Kier molecular flexibility index (Phi) is 13.3. The van der Waals surface area contributed by atoms with Crippen molar-refractivity contribution in [2.75, 3.05) is 11.9 Å². The summed E-state index contributed by atoms with van der Waals surface area (Å²) in [6, 6.07) is 15.4. The van der Waals surface area contributed by atoms with Gasteiger partial charge in [0.15, 0.2) is 0 Å². The van der Waals surface area contributed by atoms with Gasteiger partial charge >= 0.3 is 11.9 Å². The van der Waals surface area contributed by atoms with E-state index in [1.54, 1.807) is 19.1 Å². The third kappa shape index (κ3) is 9.14. The van der Waals surface area contributed by atoms with Crippen molar-refractivity contribution in [1.82, 2.24) is 0 Å². The number of ketones is 1. The highest BCUT2D eigenvalue weighted by Crippen LogP contribution is 2.59. The van der Waals surface area contributed by atoms with E-state index in [1.807, 2.05) is 36.4 Å². The zero-order valence-electron chi connectivity index (χ0n) is 39.3. The van der Waals surface area contributed by atoms with Crippen molar-refractivity contribution in [3.63, 3.8) is 0 Å². The second-order valence-corrected chi connectivity index (χ2v) is 21.4. The van der Waals surface area contributed by atoms with Crippen LogP contribution in [0, 0.1) is 41.4 Å². The van der Waals surface area contributed by atoms with Crippen LogP contribution in [-0.4, -0.2) is 73.7 Å². The third-order valence-electron chi connectivity index (χ3n) is 17.0. The minimum absolute atomic E-state index is 0.00638. The number of hydrogen-bond acceptors (Lipinski definition) is 11. The van der Waals surface area contributed by atoms with Crippen molar-refractivity contribution in [2.45, 2.75) is 164 Å². The zero-order valence-corrected chi connectivity index (χ0v) is 39.3. The second kappa shape index (κ2) is 19.4. The highest BCUT2D eigenvalue weighted by atomic mass is 16.6. The largest absolute Gasteiger partial charge is 0.507 e. The summed E-state index contributed by atoms with van der Waals surface area (Å²) in [4.78, 5) is 43.4. The lowest BCUT2D eigenvalue weighted by Gasteiger charge is -2.59. The first-order valence-corrected chi connectivity index (χ1v) is 25.6. The first-order chi connectivity index (χ1) is 32.9. The van der Waals surface area contributed by atoms with Crippen LogP contribution >= 0.6 is 0 Å². The van der Waals surface area contributed by atoms with Crippen LogP contribution in [0.15, 0.2) is 60.2 Å². The Morgan fingerprint density at radius 3 is 2.41 bits per heavy atom. The Bertz CT molecular complexity index is 2530. The normalized spacial score (nSPS) is 32.2. The highest BCUT2D eigenvalue weighted by molar-refractivity contribution is 5.89. The van der Waals surface area contributed by atoms with Gasteiger partial charge in [-0.25, -0.2) is 4.79 Å². The quantitative estimate of drug-likeness (QED) is 0.0801. The third-order valence-corrected chi connectivity index (χ3v) is 17.0. The smallest absolute Gasteiger partial charge is 0.334 e. The molecule has 6 N–H and O–H groups in total. The Hall–Kier alpha value is -4.99. The Labute approximate surface area is 399 Å². The molecule has 10 rings (SSSR count). The standard InChI is InChI=1S/C57H67NO10/c1-32(60)30-58-43-20-35(31-59)19-40(24-43)37-14-15-38-29-52(63)68-55-45(38)27-41(54(64)53(55)36-10-3-2-4-11-36)28-51-57(66)48-13-6-5-12-39(48)26-46-47(50(62)17-16-49(46)57)22-34-9-7-8-33(18-34)21-44(61)25-42(23-37)56(65)67-51/h7-9,18-20,24-25,27,32,36-39,44,46-49,51,58-61,64,66H,2-6,10-13,16-17,21-23,26,28-31H2,1H3. The molecular formula is C57H67NO10. The molecule has 0 aromatic heterocycles. The predicted octanol–water partition coefficient (Wildman–Crippen LogP) is 8.00. The number of aromatic hydroxyl groups is 1. The van der Waals surface area contributed by atoms with Gasteiger partial charge in [-0.15, -0.1) is 0 Å². The molecule has 11 heteroatoms. The number of carbonyl (C=O) groups excluding carboxylic acids is 3. The minimum Gasteiger partial charge on any atom is -0.507 e. The molecule has 3 aromatic rings. The van der Waals surface area contributed by atoms with E-state index < -0.39 is 47.7 Å². The van der Waals surface area contributed by atoms with Crippen molar-refractivity contribution in [2.24, 2.45) is 29.6 Å². The molecule has 0 radical (unpaired) electrons. The van der Waals surface area contributed by atoms with Crippen LogP contribution in [0.1, 0.15) is 154 Å². The number of aliphatic hydroxyl groups excluding tert-OH is 3. The summed E-state index contributed by atoms with van der Waals surface area (Å²) in [5.41, 5.74) is 4.08. The fourth-order valence-electron chi connectivity index (χ4n) is 13.8. The number of esters is 2. The maximum atomic E-state index is 15.5. The molecule has 4 aliphatic carbocycles. The van der Waals surface area contributed by atoms with Crippen molar-refractivity contribution in [1.29, 1.82) is 0 Å². The van der Waals surface area contributed by atoms with Crippen molar-refractivity contribution in [3.8, 4) is 23.3 Å². The molecule has 3 aliphatic heterocycles. The molecule has 11 atom stereocenters. The first-order valence-electron chi connectivity index (χ1n) is 25.6. The predicted molar refractivity (Wildman–Crippen MR) is 256 cm³/mol. The topological polar surface area (TPSA) is 183 Å². The number of benzene rings is 3. The summed E-state index contributed by atoms with van der Waals surface area (Å²) >= 11 is 0. The van der Waals surface area contributed by atoms with E-state index in [-0.39, 0.29) is 91.4 Å². The maximum Gasteiger partial charge on any atom is 0.334 e. The molecule has 4 saturated carbocycles. The lowest BCUT2D eigenvalue weighted by molar-refractivity contribution is -0.228. The number of Topliss-reactive ketones (excluding diaryl/α,β-unsaturated/α-hetero) is 1. The number of fused-ring (bicyclic) bond motifs is 9. The molecule has 0 spiro atoms. The van der Waals surface area contributed by atoms with Gasteiger partial charge in [-0.05, 0) is 134 Å². The number of anilines is 1. The van der Waals surface area contributed by atoms with E-state index in [2.05, 4.69) is 23.2 Å². The monoisotopic (exact) mass is 925 g/mol. The second-order valence-electron chi connectivity index (χ2n) is 21.4. The van der Waals surface area contributed by atoms with Gasteiger partial charge in [0.1, 0.15) is 29.0 Å². The van der Waals surface area contributed by atoms with Crippen LogP contribution in [0.4, 0.5) is 5.69 Å². The number of rotatable bonds is 6. The molecule has 7 aliphatic rings. The summed E-state index contributed by atoms with van der Waals surface area (Å²) in [6.45, 7) is 1.64. The van der Waals surface area contributed by atoms with Crippen LogP contribution in [0.5, 0.6) is 11.5 Å². The Morgan fingerprint density at radius 1 is 0.853 bits per heavy atom. The lowest BCUT2D eigenvalue weighted by atomic mass is 9.48. The van der Waals surface area contributed by atoms with Crippen LogP contribution in [0.2, 0.25) is 0 Å². The Morgan fingerprint density at radius 2 is 1.62 bits per heavy atom. The van der Waals surface area contributed by atoms with Gasteiger partial charge in [-0.1, -0.05) is 80.7 Å². The molecule has 0 saturated heterocycles. The Balaban J connectivity index is 1.21. The van der Waals surface area contributed by atoms with Crippen molar-refractivity contribution < 1.29 is 49.4 Å². The number of aliphatic hydroxyl groups is 4. The highest BCUT2D eigenvalue weighted by Gasteiger charge is 2.62. The molecule has 0 amide bonds. The first kappa shape index (κ1) is 46.7. The molecule has 10 bridgehead atoms. The molecule has 68 heavy (non-hydrogen) atoms. The number of nitrogens with one attached hydrogen (secondary N) is 1. The fraction of sp³-hybridized carbons (Fsp3) is 0.561. The SMILES string of the molecule is CC(O)CNc1cc(CO)cc(C2C#CC3CC(=O)Oc4c3cc(c(O)c4C3CCCCC3)CC3OC(=O)C(=CC(O)Cc4cccc(c4)CC4C(=O)CCC5C4CC4CCCCC4C35O)C2)c1.